The van der Waals surface area contributed by atoms with Crippen LogP contribution in [0.25, 0.3) is 0 Å². The largest absolute Gasteiger partial charge is 0.497 e. The second-order valence-corrected chi connectivity index (χ2v) is 7.31. The van der Waals surface area contributed by atoms with Gasteiger partial charge in [-0.15, -0.1) is 12.4 Å². The third kappa shape index (κ3) is 8.22. The lowest BCUT2D eigenvalue weighted by molar-refractivity contribution is -0.139. The number of nitrogens with two attached hydrogens (primary N) is 1. The van der Waals surface area contributed by atoms with Crippen LogP contribution in [0.15, 0.2) is 42.5 Å². The second kappa shape index (κ2) is 12.1. The van der Waals surface area contributed by atoms with Gasteiger partial charge in [0.05, 0.1) is 38.0 Å². The van der Waals surface area contributed by atoms with Crippen LogP contribution < -0.4 is 15.2 Å². The summed E-state index contributed by atoms with van der Waals surface area (Å²) in [5.41, 5.74) is 5.17. The van der Waals surface area contributed by atoms with Crippen molar-refractivity contribution in [3.8, 4) is 11.5 Å². The molecular formula is C22H29ClF3NO4. The van der Waals surface area contributed by atoms with Crippen LogP contribution in [0, 0.1) is 0 Å². The summed E-state index contributed by atoms with van der Waals surface area (Å²) in [6, 6.07) is 11.4. The van der Waals surface area contributed by atoms with Gasteiger partial charge in [0.2, 0.25) is 0 Å². The SMILES string of the molecule is COc1ccc(CCCOc2ccc(CCC(N)(CO)CO)cc2C(F)(F)F)cc1.Cl. The van der Waals surface area contributed by atoms with Gasteiger partial charge in [-0.05, 0) is 61.1 Å². The minimum Gasteiger partial charge on any atom is -0.497 e. The topological polar surface area (TPSA) is 84.9 Å². The van der Waals surface area contributed by atoms with Gasteiger partial charge >= 0.3 is 6.18 Å². The van der Waals surface area contributed by atoms with Gasteiger partial charge in [0.15, 0.2) is 0 Å². The summed E-state index contributed by atoms with van der Waals surface area (Å²) in [7, 11) is 1.58. The molecule has 5 nitrogen and oxygen atoms in total. The first-order chi connectivity index (χ1) is 14.2. The number of hydrogen-bond acceptors (Lipinski definition) is 5. The molecule has 0 bridgehead atoms. The van der Waals surface area contributed by atoms with Crippen molar-refractivity contribution in [2.75, 3.05) is 26.9 Å². The molecule has 0 fully saturated rings. The van der Waals surface area contributed by atoms with E-state index in [-0.39, 0.29) is 37.6 Å². The van der Waals surface area contributed by atoms with E-state index >= 15 is 0 Å². The molecule has 31 heavy (non-hydrogen) atoms. The number of methoxy groups -OCH3 is 1. The monoisotopic (exact) mass is 463 g/mol. The van der Waals surface area contributed by atoms with Crippen molar-refractivity contribution in [2.24, 2.45) is 5.73 Å². The van der Waals surface area contributed by atoms with Crippen LogP contribution in [-0.2, 0) is 19.0 Å². The van der Waals surface area contributed by atoms with Gasteiger partial charge in [-0.3, -0.25) is 0 Å². The predicted molar refractivity (Wildman–Crippen MR) is 115 cm³/mol. The zero-order chi connectivity index (χ0) is 22.2. The molecule has 0 saturated carbocycles. The van der Waals surface area contributed by atoms with Gasteiger partial charge in [0.1, 0.15) is 11.5 Å². The smallest absolute Gasteiger partial charge is 0.419 e. The summed E-state index contributed by atoms with van der Waals surface area (Å²) in [4.78, 5) is 0. The van der Waals surface area contributed by atoms with Crippen molar-refractivity contribution in [1.82, 2.24) is 0 Å². The van der Waals surface area contributed by atoms with Crippen LogP contribution in [0.4, 0.5) is 13.2 Å². The summed E-state index contributed by atoms with van der Waals surface area (Å²) in [6.07, 6.45) is -2.98. The molecule has 0 amide bonds. The third-order valence-corrected chi connectivity index (χ3v) is 4.92. The summed E-state index contributed by atoms with van der Waals surface area (Å²) in [5.74, 6) is 0.527. The van der Waals surface area contributed by atoms with Crippen LogP contribution in [0.1, 0.15) is 29.5 Å². The molecular weight excluding hydrogens is 435 g/mol. The molecule has 0 saturated heterocycles. The summed E-state index contributed by atoms with van der Waals surface area (Å²) >= 11 is 0. The highest BCUT2D eigenvalue weighted by Crippen LogP contribution is 2.37. The maximum atomic E-state index is 13.5. The summed E-state index contributed by atoms with van der Waals surface area (Å²) < 4.78 is 51.0. The first-order valence-corrected chi connectivity index (χ1v) is 9.67. The Labute approximate surface area is 186 Å². The molecule has 2 rings (SSSR count). The quantitative estimate of drug-likeness (QED) is 0.442. The molecule has 0 spiro atoms. The van der Waals surface area contributed by atoms with Gasteiger partial charge in [0.25, 0.3) is 0 Å². The average molecular weight is 464 g/mol. The van der Waals surface area contributed by atoms with Gasteiger partial charge in [-0.1, -0.05) is 18.2 Å². The zero-order valence-electron chi connectivity index (χ0n) is 17.3. The van der Waals surface area contributed by atoms with E-state index in [0.29, 0.717) is 18.4 Å². The van der Waals surface area contributed by atoms with Crippen molar-refractivity contribution in [3.05, 3.63) is 59.2 Å². The molecule has 0 radical (unpaired) electrons. The molecule has 0 heterocycles. The lowest BCUT2D eigenvalue weighted by Gasteiger charge is -2.24. The Balaban J connectivity index is 0.00000480. The van der Waals surface area contributed by atoms with Crippen molar-refractivity contribution in [3.63, 3.8) is 0 Å². The van der Waals surface area contributed by atoms with Crippen molar-refractivity contribution in [1.29, 1.82) is 0 Å². The van der Waals surface area contributed by atoms with E-state index in [4.69, 9.17) is 15.2 Å². The molecule has 0 aliphatic rings. The highest BCUT2D eigenvalue weighted by molar-refractivity contribution is 5.85. The molecule has 0 unspecified atom stereocenters. The molecule has 0 aliphatic heterocycles. The van der Waals surface area contributed by atoms with Gasteiger partial charge in [-0.25, -0.2) is 0 Å². The highest BCUT2D eigenvalue weighted by Gasteiger charge is 2.35. The van der Waals surface area contributed by atoms with Crippen LogP contribution in [0.2, 0.25) is 0 Å². The standard InChI is InChI=1S/C22H28F3NO4.ClH/c1-29-18-7-4-16(5-8-18)3-2-12-30-20-9-6-17(13-19(20)22(23,24)25)10-11-21(26,14-27)15-28;/h4-9,13,27-28H,2-3,10-12,14-15,26H2,1H3;1H. The van der Waals surface area contributed by atoms with E-state index in [1.807, 2.05) is 24.3 Å². The molecule has 9 heteroatoms. The van der Waals surface area contributed by atoms with E-state index in [1.165, 1.54) is 6.07 Å². The summed E-state index contributed by atoms with van der Waals surface area (Å²) in [5, 5.41) is 18.5. The Morgan fingerprint density at radius 1 is 0.935 bits per heavy atom. The van der Waals surface area contributed by atoms with Crippen LogP contribution in [-0.4, -0.2) is 42.7 Å². The third-order valence-electron chi connectivity index (χ3n) is 4.92. The number of alkyl halides is 3. The normalized spacial score (nSPS) is 11.7. The van der Waals surface area contributed by atoms with Crippen molar-refractivity contribution in [2.45, 2.75) is 37.4 Å². The molecule has 2 aromatic rings. The molecule has 0 aromatic heterocycles. The Bertz CT molecular complexity index is 796. The fraction of sp³-hybridized carbons (Fsp3) is 0.455. The average Bonchev–Trinajstić information content (AvgIpc) is 2.75. The Morgan fingerprint density at radius 2 is 1.55 bits per heavy atom. The number of halogens is 4. The number of aryl methyl sites for hydroxylation is 2. The minimum absolute atomic E-state index is 0. The fourth-order valence-electron chi connectivity index (χ4n) is 2.93. The van der Waals surface area contributed by atoms with E-state index in [2.05, 4.69) is 0 Å². The molecule has 4 N–H and O–H groups in total. The Hall–Kier alpha value is -2.00. The molecule has 0 aliphatic carbocycles. The number of ether oxygens (including phenoxy) is 2. The zero-order valence-corrected chi connectivity index (χ0v) is 18.1. The predicted octanol–water partition coefficient (Wildman–Crippen LogP) is 3.76. The van der Waals surface area contributed by atoms with Crippen LogP contribution in [0.3, 0.4) is 0 Å². The highest BCUT2D eigenvalue weighted by atomic mass is 35.5. The maximum absolute atomic E-state index is 13.5. The number of benzene rings is 2. The van der Waals surface area contributed by atoms with Gasteiger partial charge in [0, 0.05) is 0 Å². The van der Waals surface area contributed by atoms with E-state index in [1.54, 1.807) is 13.2 Å². The van der Waals surface area contributed by atoms with E-state index in [9.17, 15) is 23.4 Å². The lowest BCUT2D eigenvalue weighted by Crippen LogP contribution is -2.47. The number of rotatable bonds is 11. The first-order valence-electron chi connectivity index (χ1n) is 9.67. The number of hydrogen-bond donors (Lipinski definition) is 3. The Kier molecular flexibility index (Phi) is 10.6. The van der Waals surface area contributed by atoms with Crippen LogP contribution in [0.5, 0.6) is 11.5 Å². The van der Waals surface area contributed by atoms with Crippen molar-refractivity contribution >= 4 is 12.4 Å². The number of aliphatic hydroxyl groups is 2. The first kappa shape index (κ1) is 27.0. The van der Waals surface area contributed by atoms with Crippen LogP contribution >= 0.6 is 12.4 Å². The van der Waals surface area contributed by atoms with Gasteiger partial charge in [-0.2, -0.15) is 13.2 Å². The van der Waals surface area contributed by atoms with E-state index in [0.717, 1.165) is 17.4 Å². The lowest BCUT2D eigenvalue weighted by atomic mass is 9.93. The molecule has 2 aromatic carbocycles. The van der Waals surface area contributed by atoms with E-state index < -0.39 is 30.5 Å². The number of aliphatic hydroxyl groups excluding tert-OH is 2. The Morgan fingerprint density at radius 3 is 2.10 bits per heavy atom. The maximum Gasteiger partial charge on any atom is 0.419 e. The fourth-order valence-corrected chi connectivity index (χ4v) is 2.93. The molecule has 174 valence electrons. The van der Waals surface area contributed by atoms with Crippen molar-refractivity contribution < 1.29 is 32.9 Å². The van der Waals surface area contributed by atoms with Gasteiger partial charge < -0.3 is 25.4 Å². The second-order valence-electron chi connectivity index (χ2n) is 7.31. The summed E-state index contributed by atoms with van der Waals surface area (Å²) in [6.45, 7) is -0.759. The minimum atomic E-state index is -4.56. The molecule has 0 atom stereocenters.